The molecule has 0 aliphatic carbocycles. The number of likely N-dealkylation sites (tertiary alicyclic amines) is 1. The third-order valence-corrected chi connectivity index (χ3v) is 8.73. The molecule has 3 fully saturated rings. The van der Waals surface area contributed by atoms with Gasteiger partial charge in [0.2, 0.25) is 6.29 Å². The van der Waals surface area contributed by atoms with Crippen molar-refractivity contribution in [3.8, 4) is 0 Å². The molecule has 3 aliphatic rings. The fourth-order valence-electron chi connectivity index (χ4n) is 6.08. The SMILES string of the molecule is C=CCC(/C=C(\C)CCCOC=O)C(=O)CCCCCCC1CCCNC1.CC.CC.CC1CCCO1.O=CC(=O)N1CCCC[C@H]1C(=O)O. The Kier molecular flexibility index (Phi) is 34.1. The number of amides is 1. The fourth-order valence-corrected chi connectivity index (χ4v) is 6.08. The highest BCUT2D eigenvalue weighted by atomic mass is 16.5. The standard InChI is InChI=1S/C23H39NO3.C8H11NO4.C5H10O.2C2H6/c1-3-10-22(17-20(2)11-9-16-27-19-25)23(26)14-7-5-4-6-12-21-13-8-15-24-18-21;10-5-7(11)9-4-2-1-3-6(9)8(12)13;1-5-3-2-4-6-5;2*1-2/h3,17,19,21-22,24H,1,4-16,18H2,2H3;5-6H,1-4H2,(H,12,13);5H,2-4H2,1H3;2*1-2H3/b20-17+;;;;/t;6-;;;/m.0.../s1. The summed E-state index contributed by atoms with van der Waals surface area (Å²) in [6.07, 6.45) is 20.9. The lowest BCUT2D eigenvalue weighted by atomic mass is 9.91. The molecule has 10 nitrogen and oxygen atoms in total. The normalized spacial score (nSPS) is 20.3. The minimum absolute atomic E-state index is 0.0530. The molecule has 3 unspecified atom stereocenters. The number of Topliss-reactive ketones (excluding diaryl/α,β-unsaturated/α-hetero) is 1. The van der Waals surface area contributed by atoms with E-state index in [0.29, 0.717) is 50.8 Å². The van der Waals surface area contributed by atoms with Gasteiger partial charge in [0.05, 0.1) is 12.7 Å². The van der Waals surface area contributed by atoms with Gasteiger partial charge in [0, 0.05) is 25.5 Å². The number of nitrogens with zero attached hydrogens (tertiary/aromatic N) is 1. The van der Waals surface area contributed by atoms with Gasteiger partial charge in [0.15, 0.2) is 0 Å². The van der Waals surface area contributed by atoms with E-state index in [1.54, 1.807) is 0 Å². The predicted molar refractivity (Wildman–Crippen MR) is 202 cm³/mol. The van der Waals surface area contributed by atoms with Crippen LogP contribution in [0.3, 0.4) is 0 Å². The van der Waals surface area contributed by atoms with Gasteiger partial charge in [-0.1, -0.05) is 64.7 Å². The van der Waals surface area contributed by atoms with E-state index in [0.717, 1.165) is 55.9 Å². The van der Waals surface area contributed by atoms with Gasteiger partial charge in [0.1, 0.15) is 11.8 Å². The maximum Gasteiger partial charge on any atom is 0.326 e. The van der Waals surface area contributed by atoms with Gasteiger partial charge in [-0.05, 0) is 110 Å². The van der Waals surface area contributed by atoms with Crippen LogP contribution in [-0.2, 0) is 33.4 Å². The van der Waals surface area contributed by atoms with Crippen molar-refractivity contribution in [2.75, 3.05) is 32.8 Å². The number of ketones is 1. The van der Waals surface area contributed by atoms with Crippen LogP contribution < -0.4 is 5.32 Å². The molecule has 2 N–H and O–H groups in total. The number of aliphatic carboxylic acids is 1. The minimum atomic E-state index is -1.03. The van der Waals surface area contributed by atoms with Crippen molar-refractivity contribution in [1.29, 1.82) is 0 Å². The summed E-state index contributed by atoms with van der Waals surface area (Å²) in [5, 5.41) is 12.2. The molecule has 3 heterocycles. The molecular weight excluding hydrogens is 636 g/mol. The van der Waals surface area contributed by atoms with E-state index >= 15 is 0 Å². The highest BCUT2D eigenvalue weighted by Gasteiger charge is 2.31. The van der Waals surface area contributed by atoms with Crippen molar-refractivity contribution < 1.29 is 38.6 Å². The van der Waals surface area contributed by atoms with Crippen LogP contribution in [-0.4, -0.2) is 85.4 Å². The van der Waals surface area contributed by atoms with E-state index in [4.69, 9.17) is 14.6 Å². The first-order chi connectivity index (χ1) is 24.2. The number of ether oxygens (including phenoxy) is 2. The number of aldehydes is 1. The molecule has 1 amide bonds. The van der Waals surface area contributed by atoms with Crippen LogP contribution in [0.5, 0.6) is 0 Å². The van der Waals surface area contributed by atoms with Crippen LogP contribution in [0, 0.1) is 11.8 Å². The number of piperidine rings is 2. The van der Waals surface area contributed by atoms with E-state index in [2.05, 4.69) is 24.9 Å². The van der Waals surface area contributed by atoms with Crippen molar-refractivity contribution in [3.05, 3.63) is 24.3 Å². The molecule has 0 spiro atoms. The molecule has 0 bridgehead atoms. The molecular formula is C40H72N2O8. The second kappa shape index (κ2) is 34.6. The number of nitrogens with one attached hydrogen (secondary N) is 1. The highest BCUT2D eigenvalue weighted by Crippen LogP contribution is 2.20. The van der Waals surface area contributed by atoms with Crippen molar-refractivity contribution in [2.45, 2.75) is 156 Å². The van der Waals surface area contributed by atoms with Gasteiger partial charge in [-0.3, -0.25) is 19.2 Å². The second-order valence-corrected chi connectivity index (χ2v) is 12.7. The molecule has 0 aromatic heterocycles. The molecule has 0 saturated carbocycles. The Labute approximate surface area is 304 Å². The predicted octanol–water partition coefficient (Wildman–Crippen LogP) is 7.88. The van der Waals surface area contributed by atoms with Crippen LogP contribution in [0.2, 0.25) is 0 Å². The first-order valence-corrected chi connectivity index (χ1v) is 19.4. The molecule has 290 valence electrons. The Morgan fingerprint density at radius 3 is 2.22 bits per heavy atom. The molecule has 0 aromatic rings. The van der Waals surface area contributed by atoms with Crippen LogP contribution in [0.25, 0.3) is 0 Å². The van der Waals surface area contributed by atoms with Crippen LogP contribution >= 0.6 is 0 Å². The number of carbonyl (C=O) groups excluding carboxylic acids is 4. The monoisotopic (exact) mass is 709 g/mol. The van der Waals surface area contributed by atoms with Gasteiger partial charge >= 0.3 is 5.97 Å². The molecule has 50 heavy (non-hydrogen) atoms. The first kappa shape index (κ1) is 49.3. The molecule has 0 aromatic carbocycles. The Bertz CT molecular complexity index is 926. The van der Waals surface area contributed by atoms with Crippen molar-refractivity contribution >= 4 is 30.4 Å². The fraction of sp³-hybridized carbons (Fsp3) is 0.775. The van der Waals surface area contributed by atoms with Gasteiger partial charge in [-0.25, -0.2) is 4.79 Å². The highest BCUT2D eigenvalue weighted by molar-refractivity contribution is 6.24. The number of allylic oxidation sites excluding steroid dienone is 3. The Morgan fingerprint density at radius 1 is 0.960 bits per heavy atom. The second-order valence-electron chi connectivity index (χ2n) is 12.7. The van der Waals surface area contributed by atoms with E-state index in [-0.39, 0.29) is 12.2 Å². The van der Waals surface area contributed by atoms with Gasteiger partial charge < -0.3 is 24.8 Å². The van der Waals surface area contributed by atoms with Crippen molar-refractivity contribution in [1.82, 2.24) is 10.2 Å². The Morgan fingerprint density at radius 2 is 1.68 bits per heavy atom. The summed E-state index contributed by atoms with van der Waals surface area (Å²) in [6.45, 7) is 20.6. The summed E-state index contributed by atoms with van der Waals surface area (Å²) >= 11 is 0. The average molecular weight is 709 g/mol. The van der Waals surface area contributed by atoms with Crippen LogP contribution in [0.4, 0.5) is 0 Å². The van der Waals surface area contributed by atoms with Gasteiger partial charge in [-0.15, -0.1) is 6.58 Å². The van der Waals surface area contributed by atoms with E-state index in [1.165, 1.54) is 63.6 Å². The van der Waals surface area contributed by atoms with Crippen molar-refractivity contribution in [3.63, 3.8) is 0 Å². The number of carbonyl (C=O) groups is 5. The lowest BCUT2D eigenvalue weighted by molar-refractivity contribution is -0.153. The third kappa shape index (κ3) is 25.2. The van der Waals surface area contributed by atoms with Crippen LogP contribution in [0.15, 0.2) is 24.3 Å². The summed E-state index contributed by atoms with van der Waals surface area (Å²) < 4.78 is 9.87. The summed E-state index contributed by atoms with van der Waals surface area (Å²) in [5.74, 6) is -0.623. The summed E-state index contributed by atoms with van der Waals surface area (Å²) in [6, 6.07) is -0.813. The lowest BCUT2D eigenvalue weighted by Gasteiger charge is -2.31. The van der Waals surface area contributed by atoms with Gasteiger partial charge in [0.25, 0.3) is 12.4 Å². The number of rotatable bonds is 18. The summed E-state index contributed by atoms with van der Waals surface area (Å²) in [7, 11) is 0. The minimum Gasteiger partial charge on any atom is -0.480 e. The topological polar surface area (TPSA) is 139 Å². The number of carboxylic acids is 1. The Balaban J connectivity index is 0. The molecule has 3 saturated heterocycles. The summed E-state index contributed by atoms with van der Waals surface area (Å²) in [5.41, 5.74) is 1.19. The zero-order valence-electron chi connectivity index (χ0n) is 32.4. The van der Waals surface area contributed by atoms with E-state index < -0.39 is 17.9 Å². The molecule has 0 radical (unpaired) electrons. The third-order valence-electron chi connectivity index (χ3n) is 8.73. The maximum absolute atomic E-state index is 12.6. The van der Waals surface area contributed by atoms with Gasteiger partial charge in [-0.2, -0.15) is 0 Å². The molecule has 3 aliphatic heterocycles. The quantitative estimate of drug-likeness (QED) is 0.0630. The largest absolute Gasteiger partial charge is 0.480 e. The number of hydrogen-bond donors (Lipinski definition) is 2. The summed E-state index contributed by atoms with van der Waals surface area (Å²) in [4.78, 5) is 55.7. The zero-order valence-corrected chi connectivity index (χ0v) is 32.4. The number of carboxylic acid groups (broad SMARTS) is 1. The van der Waals surface area contributed by atoms with E-state index in [1.807, 2.05) is 40.7 Å². The number of unbranched alkanes of at least 4 members (excludes halogenated alkanes) is 3. The maximum atomic E-state index is 12.6. The first-order valence-electron chi connectivity index (χ1n) is 19.4. The zero-order chi connectivity index (χ0) is 38.0. The van der Waals surface area contributed by atoms with Crippen LogP contribution in [0.1, 0.15) is 144 Å². The molecule has 10 heteroatoms. The number of hydrogen-bond acceptors (Lipinski definition) is 8. The molecule has 3 rings (SSSR count). The van der Waals surface area contributed by atoms with E-state index in [9.17, 15) is 24.0 Å². The molecule has 4 atom stereocenters. The average Bonchev–Trinajstić information content (AvgIpc) is 3.64. The smallest absolute Gasteiger partial charge is 0.326 e. The Hall–Kier alpha value is -2.85. The lowest BCUT2D eigenvalue weighted by Crippen LogP contribution is -2.48. The van der Waals surface area contributed by atoms with Crippen molar-refractivity contribution in [2.24, 2.45) is 11.8 Å².